The van der Waals surface area contributed by atoms with Gasteiger partial charge in [-0.2, -0.15) is 0 Å². The Morgan fingerprint density at radius 3 is 2.46 bits per heavy atom. The summed E-state index contributed by atoms with van der Waals surface area (Å²) >= 11 is 1.37. The number of benzene rings is 1. The van der Waals surface area contributed by atoms with Crippen LogP contribution in [0.15, 0.2) is 53.8 Å². The highest BCUT2D eigenvalue weighted by Crippen LogP contribution is 2.25. The van der Waals surface area contributed by atoms with Crippen LogP contribution in [0.2, 0.25) is 0 Å². The number of aromatic nitrogens is 4. The molecule has 0 aliphatic heterocycles. The summed E-state index contributed by atoms with van der Waals surface area (Å²) in [6, 6.07) is 13.7. The van der Waals surface area contributed by atoms with Crippen molar-refractivity contribution < 1.29 is 4.79 Å². The predicted octanol–water partition coefficient (Wildman–Crippen LogP) is 4.39. The second kappa shape index (κ2) is 8.56. The van der Waals surface area contributed by atoms with E-state index in [1.165, 1.54) is 17.3 Å². The van der Waals surface area contributed by atoms with E-state index in [4.69, 9.17) is 0 Å². The van der Waals surface area contributed by atoms with Crippen molar-refractivity contribution in [3.8, 4) is 11.5 Å². The monoisotopic (exact) mass is 395 g/mol. The van der Waals surface area contributed by atoms with Gasteiger partial charge in [0.2, 0.25) is 5.91 Å². The van der Waals surface area contributed by atoms with Crippen LogP contribution in [0, 0.1) is 0 Å². The summed E-state index contributed by atoms with van der Waals surface area (Å²) in [5.74, 6) is 0.906. The number of anilines is 1. The smallest absolute Gasteiger partial charge is 0.234 e. The SMILES string of the molecule is CCn1c(SCC(=O)Nc2ccc(C(C)(C)C)cc2)nnc1-c1ccccn1. The van der Waals surface area contributed by atoms with Crippen molar-refractivity contribution >= 4 is 23.4 Å². The molecule has 0 aliphatic carbocycles. The zero-order chi connectivity index (χ0) is 20.1. The van der Waals surface area contributed by atoms with Gasteiger partial charge in [0.1, 0.15) is 5.69 Å². The van der Waals surface area contributed by atoms with Crippen molar-refractivity contribution in [2.45, 2.75) is 44.8 Å². The Morgan fingerprint density at radius 2 is 1.86 bits per heavy atom. The molecule has 1 N–H and O–H groups in total. The van der Waals surface area contributed by atoms with Crippen molar-refractivity contribution in [1.29, 1.82) is 0 Å². The van der Waals surface area contributed by atoms with Crippen LogP contribution in [0.1, 0.15) is 33.3 Å². The number of thioether (sulfide) groups is 1. The summed E-state index contributed by atoms with van der Waals surface area (Å²) in [7, 11) is 0. The van der Waals surface area contributed by atoms with Crippen LogP contribution in [0.4, 0.5) is 5.69 Å². The third-order valence-corrected chi connectivity index (χ3v) is 5.26. The minimum Gasteiger partial charge on any atom is -0.325 e. The average molecular weight is 396 g/mol. The minimum atomic E-state index is -0.0708. The number of hydrogen-bond donors (Lipinski definition) is 1. The maximum Gasteiger partial charge on any atom is 0.234 e. The second-order valence-electron chi connectivity index (χ2n) is 7.43. The molecule has 3 rings (SSSR count). The van der Waals surface area contributed by atoms with E-state index in [0.29, 0.717) is 17.5 Å². The summed E-state index contributed by atoms with van der Waals surface area (Å²) in [4.78, 5) is 16.7. The summed E-state index contributed by atoms with van der Waals surface area (Å²) in [5, 5.41) is 12.1. The molecule has 0 radical (unpaired) electrons. The van der Waals surface area contributed by atoms with Crippen molar-refractivity contribution in [1.82, 2.24) is 19.7 Å². The Kier molecular flexibility index (Phi) is 6.14. The number of amides is 1. The van der Waals surface area contributed by atoms with E-state index in [0.717, 1.165) is 11.4 Å². The number of rotatable bonds is 6. The molecule has 0 fully saturated rings. The molecule has 7 heteroatoms. The molecule has 3 aromatic rings. The van der Waals surface area contributed by atoms with Crippen LogP contribution in [0.5, 0.6) is 0 Å². The standard InChI is InChI=1S/C21H25N5OS/c1-5-26-19(17-8-6-7-13-22-17)24-25-20(26)28-14-18(27)23-16-11-9-15(10-12-16)21(2,3)4/h6-13H,5,14H2,1-4H3,(H,23,27). The summed E-state index contributed by atoms with van der Waals surface area (Å²) in [6.45, 7) is 9.23. The predicted molar refractivity (Wildman–Crippen MR) is 113 cm³/mol. The highest BCUT2D eigenvalue weighted by molar-refractivity contribution is 7.99. The zero-order valence-electron chi connectivity index (χ0n) is 16.6. The largest absolute Gasteiger partial charge is 0.325 e. The van der Waals surface area contributed by atoms with Gasteiger partial charge in [0, 0.05) is 18.4 Å². The quantitative estimate of drug-likeness (QED) is 0.627. The van der Waals surface area contributed by atoms with E-state index in [9.17, 15) is 4.79 Å². The van der Waals surface area contributed by atoms with Crippen molar-refractivity contribution in [2.75, 3.05) is 11.1 Å². The molecule has 28 heavy (non-hydrogen) atoms. The Hall–Kier alpha value is -2.67. The van der Waals surface area contributed by atoms with Crippen LogP contribution in [0.3, 0.4) is 0 Å². The fraction of sp³-hybridized carbons (Fsp3) is 0.333. The molecule has 2 heterocycles. The van der Waals surface area contributed by atoms with Gasteiger partial charge in [0.05, 0.1) is 5.75 Å². The van der Waals surface area contributed by atoms with Gasteiger partial charge in [-0.25, -0.2) is 0 Å². The fourth-order valence-electron chi connectivity index (χ4n) is 2.75. The molecule has 0 spiro atoms. The second-order valence-corrected chi connectivity index (χ2v) is 8.37. The van der Waals surface area contributed by atoms with Gasteiger partial charge in [0.25, 0.3) is 0 Å². The molecular formula is C21H25N5OS. The third kappa shape index (κ3) is 4.78. The van der Waals surface area contributed by atoms with Gasteiger partial charge >= 0.3 is 0 Å². The number of nitrogens with zero attached hydrogens (tertiary/aromatic N) is 4. The number of hydrogen-bond acceptors (Lipinski definition) is 5. The Balaban J connectivity index is 1.63. The van der Waals surface area contributed by atoms with Gasteiger partial charge in [-0.05, 0) is 42.2 Å². The normalized spacial score (nSPS) is 11.4. The Morgan fingerprint density at radius 1 is 1.11 bits per heavy atom. The minimum absolute atomic E-state index is 0.0708. The third-order valence-electron chi connectivity index (χ3n) is 4.29. The van der Waals surface area contributed by atoms with E-state index >= 15 is 0 Å². The van der Waals surface area contributed by atoms with Crippen molar-refractivity contribution in [2.24, 2.45) is 0 Å². The first-order valence-corrected chi connectivity index (χ1v) is 10.2. The molecule has 1 amide bonds. The van der Waals surface area contributed by atoms with E-state index in [1.54, 1.807) is 6.20 Å². The van der Waals surface area contributed by atoms with Crippen LogP contribution in [-0.4, -0.2) is 31.4 Å². The molecule has 146 valence electrons. The van der Waals surface area contributed by atoms with E-state index in [2.05, 4.69) is 53.4 Å². The van der Waals surface area contributed by atoms with Crippen molar-refractivity contribution in [3.05, 3.63) is 54.2 Å². The first-order chi connectivity index (χ1) is 13.4. The Bertz CT molecular complexity index is 930. The van der Waals surface area contributed by atoms with Gasteiger partial charge in [-0.1, -0.05) is 50.7 Å². The maximum atomic E-state index is 12.3. The van der Waals surface area contributed by atoms with Crippen LogP contribution in [-0.2, 0) is 16.8 Å². The molecule has 0 aliphatic rings. The molecule has 2 aromatic heterocycles. The fourth-order valence-corrected chi connectivity index (χ4v) is 3.55. The molecule has 1 aromatic carbocycles. The van der Waals surface area contributed by atoms with E-state index < -0.39 is 0 Å². The number of pyridine rings is 1. The lowest BCUT2D eigenvalue weighted by molar-refractivity contribution is -0.113. The molecule has 0 bridgehead atoms. The first-order valence-electron chi connectivity index (χ1n) is 9.26. The lowest BCUT2D eigenvalue weighted by Gasteiger charge is -2.19. The molecule has 0 saturated carbocycles. The van der Waals surface area contributed by atoms with Crippen molar-refractivity contribution in [3.63, 3.8) is 0 Å². The molecule has 6 nitrogen and oxygen atoms in total. The summed E-state index contributed by atoms with van der Waals surface area (Å²) in [5.41, 5.74) is 2.89. The van der Waals surface area contributed by atoms with Crippen LogP contribution in [0.25, 0.3) is 11.5 Å². The Labute approximate surface area is 169 Å². The highest BCUT2D eigenvalue weighted by atomic mass is 32.2. The van der Waals surface area contributed by atoms with Gasteiger partial charge in [-0.3, -0.25) is 9.78 Å². The molecular weight excluding hydrogens is 370 g/mol. The van der Waals surface area contributed by atoms with E-state index in [1.807, 2.05) is 41.8 Å². The molecule has 0 unspecified atom stereocenters. The lowest BCUT2D eigenvalue weighted by atomic mass is 9.87. The molecule has 0 saturated heterocycles. The van der Waals surface area contributed by atoms with Gasteiger partial charge in [-0.15, -0.1) is 10.2 Å². The first kappa shape index (κ1) is 20.1. The average Bonchev–Trinajstić information content (AvgIpc) is 3.10. The van der Waals surface area contributed by atoms with Crippen LogP contribution >= 0.6 is 11.8 Å². The highest BCUT2D eigenvalue weighted by Gasteiger charge is 2.16. The van der Waals surface area contributed by atoms with Gasteiger partial charge in [0.15, 0.2) is 11.0 Å². The zero-order valence-corrected chi connectivity index (χ0v) is 17.5. The molecule has 0 atom stereocenters. The number of nitrogens with one attached hydrogen (secondary N) is 1. The number of carbonyl (C=O) groups is 1. The lowest BCUT2D eigenvalue weighted by Crippen LogP contribution is -2.15. The van der Waals surface area contributed by atoms with Gasteiger partial charge < -0.3 is 9.88 Å². The topological polar surface area (TPSA) is 72.7 Å². The van der Waals surface area contributed by atoms with Crippen LogP contribution < -0.4 is 5.32 Å². The maximum absolute atomic E-state index is 12.3. The summed E-state index contributed by atoms with van der Waals surface area (Å²) < 4.78 is 1.97. The number of carbonyl (C=O) groups excluding carboxylic acids is 1. The summed E-state index contributed by atoms with van der Waals surface area (Å²) in [6.07, 6.45) is 1.73. The van der Waals surface area contributed by atoms with E-state index in [-0.39, 0.29) is 17.1 Å².